The van der Waals surface area contributed by atoms with Gasteiger partial charge in [-0.3, -0.25) is 0 Å². The van der Waals surface area contributed by atoms with E-state index in [0.717, 1.165) is 13.1 Å². The number of benzene rings is 1. The SMILES string of the molecule is CC(C)C[NH+](CCC#N)C[C@@H](O)COc1ccc(C#N)cc1. The third-order valence-corrected chi connectivity index (χ3v) is 3.24. The normalized spacial score (nSPS) is 13.2. The van der Waals surface area contributed by atoms with E-state index in [1.165, 1.54) is 4.90 Å². The summed E-state index contributed by atoms with van der Waals surface area (Å²) in [5.74, 6) is 1.15. The van der Waals surface area contributed by atoms with Gasteiger partial charge in [0.1, 0.15) is 25.0 Å². The molecule has 5 nitrogen and oxygen atoms in total. The Morgan fingerprint density at radius 2 is 1.86 bits per heavy atom. The molecule has 0 saturated carbocycles. The van der Waals surface area contributed by atoms with E-state index in [-0.39, 0.29) is 6.61 Å². The molecule has 0 aliphatic rings. The van der Waals surface area contributed by atoms with E-state index in [0.29, 0.717) is 30.2 Å². The Morgan fingerprint density at radius 1 is 1.18 bits per heavy atom. The van der Waals surface area contributed by atoms with Gasteiger partial charge in [0.2, 0.25) is 0 Å². The molecular weight excluding hydrogens is 278 g/mol. The maximum atomic E-state index is 10.1. The molecule has 1 rings (SSSR count). The molecular formula is C17H24N3O2+. The zero-order valence-corrected chi connectivity index (χ0v) is 13.2. The summed E-state index contributed by atoms with van der Waals surface area (Å²) >= 11 is 0. The van der Waals surface area contributed by atoms with Crippen LogP contribution in [0.2, 0.25) is 0 Å². The summed E-state index contributed by atoms with van der Waals surface area (Å²) in [5.41, 5.74) is 0.581. The molecule has 5 heteroatoms. The van der Waals surface area contributed by atoms with Gasteiger partial charge in [0.25, 0.3) is 0 Å². The molecule has 1 unspecified atom stereocenters. The molecule has 2 atom stereocenters. The van der Waals surface area contributed by atoms with Crippen LogP contribution in [0.15, 0.2) is 24.3 Å². The summed E-state index contributed by atoms with van der Waals surface area (Å²) in [6.07, 6.45) is -0.0892. The number of rotatable bonds is 9. The van der Waals surface area contributed by atoms with Gasteiger partial charge in [-0.05, 0) is 24.3 Å². The average Bonchev–Trinajstić information content (AvgIpc) is 2.50. The second kappa shape index (κ2) is 9.78. The number of nitrogens with one attached hydrogen (secondary N) is 1. The van der Waals surface area contributed by atoms with Crippen molar-refractivity contribution in [1.82, 2.24) is 0 Å². The first-order valence-corrected chi connectivity index (χ1v) is 7.56. The standard InChI is InChI=1S/C17H23N3O2/c1-14(2)11-20(9-3-8-18)12-16(21)13-22-17-6-4-15(10-19)5-7-17/h4-7,14,16,21H,3,9,11-13H2,1-2H3/p+1/t16-/m1/s1. The average molecular weight is 302 g/mol. The monoisotopic (exact) mass is 302 g/mol. The molecule has 22 heavy (non-hydrogen) atoms. The van der Waals surface area contributed by atoms with Crippen molar-refractivity contribution in [3.8, 4) is 17.9 Å². The molecule has 0 spiro atoms. The minimum Gasteiger partial charge on any atom is -0.491 e. The maximum Gasteiger partial charge on any atom is 0.137 e. The fraction of sp³-hybridized carbons (Fsp3) is 0.529. The van der Waals surface area contributed by atoms with E-state index in [9.17, 15) is 5.11 Å². The third kappa shape index (κ3) is 7.08. The highest BCUT2D eigenvalue weighted by atomic mass is 16.5. The molecule has 0 aromatic heterocycles. The third-order valence-electron chi connectivity index (χ3n) is 3.24. The van der Waals surface area contributed by atoms with Gasteiger partial charge in [-0.15, -0.1) is 0 Å². The number of nitrogens with zero attached hydrogens (tertiary/aromatic N) is 2. The number of aliphatic hydroxyl groups excluding tert-OH is 1. The van der Waals surface area contributed by atoms with E-state index in [1.807, 2.05) is 6.07 Å². The van der Waals surface area contributed by atoms with Crippen molar-refractivity contribution in [3.63, 3.8) is 0 Å². The van der Waals surface area contributed by atoms with Gasteiger partial charge >= 0.3 is 0 Å². The van der Waals surface area contributed by atoms with E-state index in [1.54, 1.807) is 24.3 Å². The highest BCUT2D eigenvalue weighted by Gasteiger charge is 2.17. The molecule has 0 bridgehead atoms. The summed E-state index contributed by atoms with van der Waals surface area (Å²) in [6.45, 7) is 6.70. The Kier molecular flexibility index (Phi) is 7.99. The molecule has 1 aromatic carbocycles. The van der Waals surface area contributed by atoms with Crippen molar-refractivity contribution in [2.45, 2.75) is 26.4 Å². The van der Waals surface area contributed by atoms with Gasteiger partial charge < -0.3 is 14.7 Å². The Labute approximate surface area is 132 Å². The first-order valence-electron chi connectivity index (χ1n) is 7.56. The highest BCUT2D eigenvalue weighted by molar-refractivity contribution is 5.34. The fourth-order valence-corrected chi connectivity index (χ4v) is 2.31. The smallest absolute Gasteiger partial charge is 0.137 e. The van der Waals surface area contributed by atoms with Crippen molar-refractivity contribution in [3.05, 3.63) is 29.8 Å². The maximum absolute atomic E-state index is 10.1. The molecule has 0 aliphatic carbocycles. The minimum atomic E-state index is -0.580. The van der Waals surface area contributed by atoms with Crippen molar-refractivity contribution in [2.24, 2.45) is 5.92 Å². The van der Waals surface area contributed by atoms with Crippen LogP contribution in [-0.2, 0) is 0 Å². The first-order chi connectivity index (χ1) is 10.5. The van der Waals surface area contributed by atoms with Gasteiger partial charge in [-0.2, -0.15) is 10.5 Å². The minimum absolute atomic E-state index is 0.208. The van der Waals surface area contributed by atoms with Crippen LogP contribution >= 0.6 is 0 Å². The molecule has 1 aromatic rings. The van der Waals surface area contributed by atoms with Crippen LogP contribution in [0, 0.1) is 28.6 Å². The van der Waals surface area contributed by atoms with Crippen molar-refractivity contribution >= 4 is 0 Å². The molecule has 0 radical (unpaired) electrons. The number of ether oxygens (including phenoxy) is 1. The van der Waals surface area contributed by atoms with Crippen LogP contribution in [0.5, 0.6) is 5.75 Å². The van der Waals surface area contributed by atoms with Crippen LogP contribution in [0.3, 0.4) is 0 Å². The molecule has 2 N–H and O–H groups in total. The van der Waals surface area contributed by atoms with Gasteiger partial charge in [0.15, 0.2) is 0 Å². The Morgan fingerprint density at radius 3 is 2.41 bits per heavy atom. The molecule has 118 valence electrons. The van der Waals surface area contributed by atoms with Crippen LogP contribution in [0.1, 0.15) is 25.8 Å². The number of nitriles is 2. The molecule has 0 aliphatic heterocycles. The van der Waals surface area contributed by atoms with E-state index in [4.69, 9.17) is 15.3 Å². The van der Waals surface area contributed by atoms with Crippen molar-refractivity contribution in [1.29, 1.82) is 10.5 Å². The predicted octanol–water partition coefficient (Wildman–Crippen LogP) is 0.753. The lowest BCUT2D eigenvalue weighted by Gasteiger charge is -2.23. The van der Waals surface area contributed by atoms with Crippen molar-refractivity contribution < 1.29 is 14.7 Å². The molecule has 0 fully saturated rings. The summed E-state index contributed by atoms with van der Waals surface area (Å²) in [4.78, 5) is 1.22. The molecule has 0 saturated heterocycles. The van der Waals surface area contributed by atoms with Crippen LogP contribution in [0.25, 0.3) is 0 Å². The summed E-state index contributed by atoms with van der Waals surface area (Å²) < 4.78 is 5.54. The lowest BCUT2D eigenvalue weighted by atomic mass is 10.2. The van der Waals surface area contributed by atoms with E-state index < -0.39 is 6.10 Å². The number of hydrogen-bond donors (Lipinski definition) is 2. The second-order valence-electron chi connectivity index (χ2n) is 5.81. The lowest BCUT2D eigenvalue weighted by Crippen LogP contribution is -3.13. The summed E-state index contributed by atoms with van der Waals surface area (Å²) in [7, 11) is 0. The van der Waals surface area contributed by atoms with Crippen LogP contribution in [0.4, 0.5) is 0 Å². The van der Waals surface area contributed by atoms with E-state index >= 15 is 0 Å². The lowest BCUT2D eigenvalue weighted by molar-refractivity contribution is -0.905. The Bertz CT molecular complexity index is 514. The Balaban J connectivity index is 2.43. The number of hydrogen-bond acceptors (Lipinski definition) is 4. The van der Waals surface area contributed by atoms with Crippen LogP contribution < -0.4 is 9.64 Å². The van der Waals surface area contributed by atoms with Crippen LogP contribution in [-0.4, -0.2) is 37.5 Å². The number of aliphatic hydroxyl groups is 1. The van der Waals surface area contributed by atoms with Gasteiger partial charge in [0.05, 0.1) is 37.2 Å². The summed E-state index contributed by atoms with van der Waals surface area (Å²) in [5, 5.41) is 27.5. The topological polar surface area (TPSA) is 81.5 Å². The largest absolute Gasteiger partial charge is 0.491 e. The van der Waals surface area contributed by atoms with E-state index in [2.05, 4.69) is 19.9 Å². The zero-order chi connectivity index (χ0) is 16.4. The van der Waals surface area contributed by atoms with Crippen molar-refractivity contribution in [2.75, 3.05) is 26.2 Å². The Hall–Kier alpha value is -2.08. The first kappa shape index (κ1) is 18.0. The van der Waals surface area contributed by atoms with Gasteiger partial charge in [0, 0.05) is 5.92 Å². The van der Waals surface area contributed by atoms with Gasteiger partial charge in [-0.25, -0.2) is 0 Å². The van der Waals surface area contributed by atoms with Gasteiger partial charge in [-0.1, -0.05) is 13.8 Å². The summed E-state index contributed by atoms with van der Waals surface area (Å²) in [6, 6.07) is 11.0. The predicted molar refractivity (Wildman–Crippen MR) is 83.3 cm³/mol. The quantitative estimate of drug-likeness (QED) is 0.705. The molecule has 0 amide bonds. The number of quaternary nitrogens is 1. The highest BCUT2D eigenvalue weighted by Crippen LogP contribution is 2.11. The molecule has 0 heterocycles. The fourth-order valence-electron chi connectivity index (χ4n) is 2.31. The zero-order valence-electron chi connectivity index (χ0n) is 13.2. The second-order valence-corrected chi connectivity index (χ2v) is 5.81.